The lowest BCUT2D eigenvalue weighted by atomic mass is 10.1. The first-order chi connectivity index (χ1) is 15.1. The summed E-state index contributed by atoms with van der Waals surface area (Å²) in [5.41, 5.74) is 2.81. The molecule has 0 spiro atoms. The van der Waals surface area contributed by atoms with Crippen LogP contribution in [0.4, 0.5) is 5.69 Å². The fourth-order valence-electron chi connectivity index (χ4n) is 2.93. The van der Waals surface area contributed by atoms with Gasteiger partial charge in [-0.2, -0.15) is 0 Å². The zero-order chi connectivity index (χ0) is 22.1. The molecule has 0 radical (unpaired) electrons. The van der Waals surface area contributed by atoms with Crippen molar-refractivity contribution in [1.82, 2.24) is 5.32 Å². The maximum absolute atomic E-state index is 12.4. The number of carbonyl (C=O) groups excluding carboxylic acids is 2. The lowest BCUT2D eigenvalue weighted by Crippen LogP contribution is -2.22. The molecule has 6 nitrogen and oxygen atoms in total. The molecule has 0 saturated carbocycles. The summed E-state index contributed by atoms with van der Waals surface area (Å²) in [5.74, 6) is 0.684. The highest BCUT2D eigenvalue weighted by Crippen LogP contribution is 2.28. The second-order valence-corrected chi connectivity index (χ2v) is 6.69. The van der Waals surface area contributed by atoms with E-state index in [2.05, 4.69) is 10.6 Å². The summed E-state index contributed by atoms with van der Waals surface area (Å²) in [5, 5.41) is 5.65. The van der Waals surface area contributed by atoms with Crippen LogP contribution in [0.25, 0.3) is 6.08 Å². The SMILES string of the molecule is COc1ccc(/C=C/C(=O)Nc2cccc(C(=O)NCc3ccccc3)c2)cc1OC. The van der Waals surface area contributed by atoms with Crippen molar-refractivity contribution in [3.63, 3.8) is 0 Å². The molecule has 0 atom stereocenters. The zero-order valence-corrected chi connectivity index (χ0v) is 17.4. The minimum atomic E-state index is -0.309. The van der Waals surface area contributed by atoms with Crippen LogP contribution in [-0.4, -0.2) is 26.0 Å². The first-order valence-electron chi connectivity index (χ1n) is 9.72. The minimum absolute atomic E-state index is 0.208. The van der Waals surface area contributed by atoms with Crippen molar-refractivity contribution in [1.29, 1.82) is 0 Å². The fourth-order valence-corrected chi connectivity index (χ4v) is 2.93. The van der Waals surface area contributed by atoms with E-state index in [1.165, 1.54) is 6.08 Å². The number of methoxy groups -OCH3 is 2. The molecule has 0 aliphatic heterocycles. The Morgan fingerprint density at radius 3 is 2.39 bits per heavy atom. The van der Waals surface area contributed by atoms with Gasteiger partial charge in [-0.25, -0.2) is 0 Å². The van der Waals surface area contributed by atoms with Crippen molar-refractivity contribution in [2.45, 2.75) is 6.54 Å². The van der Waals surface area contributed by atoms with Gasteiger partial charge in [0.15, 0.2) is 11.5 Å². The molecular formula is C25H24N2O4. The Hall–Kier alpha value is -4.06. The molecule has 2 N–H and O–H groups in total. The van der Waals surface area contributed by atoms with Gasteiger partial charge < -0.3 is 20.1 Å². The van der Waals surface area contributed by atoms with Gasteiger partial charge in [0.1, 0.15) is 0 Å². The molecule has 0 heterocycles. The van der Waals surface area contributed by atoms with Gasteiger partial charge in [0, 0.05) is 23.9 Å². The average Bonchev–Trinajstić information content (AvgIpc) is 2.81. The van der Waals surface area contributed by atoms with Crippen LogP contribution in [-0.2, 0) is 11.3 Å². The molecule has 0 fully saturated rings. The Labute approximate surface area is 181 Å². The van der Waals surface area contributed by atoms with E-state index in [4.69, 9.17) is 9.47 Å². The lowest BCUT2D eigenvalue weighted by Gasteiger charge is -2.08. The number of hydrogen-bond donors (Lipinski definition) is 2. The van der Waals surface area contributed by atoms with E-state index in [0.717, 1.165) is 11.1 Å². The first-order valence-corrected chi connectivity index (χ1v) is 9.72. The Bertz CT molecular complexity index is 1080. The maximum Gasteiger partial charge on any atom is 0.251 e. The summed E-state index contributed by atoms with van der Waals surface area (Å²) in [7, 11) is 3.12. The molecular weight excluding hydrogens is 392 g/mol. The fraction of sp³-hybridized carbons (Fsp3) is 0.120. The van der Waals surface area contributed by atoms with Gasteiger partial charge in [-0.15, -0.1) is 0 Å². The minimum Gasteiger partial charge on any atom is -0.493 e. The van der Waals surface area contributed by atoms with Gasteiger partial charge >= 0.3 is 0 Å². The number of hydrogen-bond acceptors (Lipinski definition) is 4. The third kappa shape index (κ3) is 6.21. The quantitative estimate of drug-likeness (QED) is 0.537. The maximum atomic E-state index is 12.4. The van der Waals surface area contributed by atoms with E-state index in [-0.39, 0.29) is 11.8 Å². The number of benzene rings is 3. The second-order valence-electron chi connectivity index (χ2n) is 6.69. The van der Waals surface area contributed by atoms with Crippen molar-refractivity contribution in [3.05, 3.63) is 95.6 Å². The van der Waals surface area contributed by atoms with E-state index < -0.39 is 0 Å². The smallest absolute Gasteiger partial charge is 0.251 e. The lowest BCUT2D eigenvalue weighted by molar-refractivity contribution is -0.111. The van der Waals surface area contributed by atoms with E-state index in [9.17, 15) is 9.59 Å². The van der Waals surface area contributed by atoms with Crippen molar-refractivity contribution in [2.24, 2.45) is 0 Å². The van der Waals surface area contributed by atoms with E-state index in [1.54, 1.807) is 56.7 Å². The van der Waals surface area contributed by atoms with E-state index in [1.807, 2.05) is 36.4 Å². The molecule has 31 heavy (non-hydrogen) atoms. The van der Waals surface area contributed by atoms with Crippen molar-refractivity contribution < 1.29 is 19.1 Å². The van der Waals surface area contributed by atoms with Crippen molar-refractivity contribution >= 4 is 23.6 Å². The van der Waals surface area contributed by atoms with Crippen LogP contribution in [0.3, 0.4) is 0 Å². The molecule has 0 aliphatic rings. The van der Waals surface area contributed by atoms with Gasteiger partial charge in [-0.05, 0) is 47.5 Å². The highest BCUT2D eigenvalue weighted by molar-refractivity contribution is 6.03. The third-order valence-corrected chi connectivity index (χ3v) is 4.52. The molecule has 3 aromatic rings. The van der Waals surface area contributed by atoms with Gasteiger partial charge in [0.05, 0.1) is 14.2 Å². The summed E-state index contributed by atoms with van der Waals surface area (Å²) in [6.45, 7) is 0.435. The number of ether oxygens (including phenoxy) is 2. The number of anilines is 1. The van der Waals surface area contributed by atoms with Gasteiger partial charge in [0.25, 0.3) is 5.91 Å². The van der Waals surface area contributed by atoms with Crippen LogP contribution in [0.2, 0.25) is 0 Å². The molecule has 6 heteroatoms. The standard InChI is InChI=1S/C25H24N2O4/c1-30-22-13-11-18(15-23(22)31-2)12-14-24(28)27-21-10-6-9-20(16-21)25(29)26-17-19-7-4-3-5-8-19/h3-16H,17H2,1-2H3,(H,26,29)(H,27,28)/b14-12+. The van der Waals surface area contributed by atoms with Crippen LogP contribution in [0, 0.1) is 0 Å². The third-order valence-electron chi connectivity index (χ3n) is 4.52. The predicted molar refractivity (Wildman–Crippen MR) is 121 cm³/mol. The number of nitrogens with one attached hydrogen (secondary N) is 2. The van der Waals surface area contributed by atoms with Crippen molar-refractivity contribution in [3.8, 4) is 11.5 Å². The molecule has 3 rings (SSSR count). The van der Waals surface area contributed by atoms with Crippen LogP contribution in [0.1, 0.15) is 21.5 Å². The normalized spacial score (nSPS) is 10.5. The topological polar surface area (TPSA) is 76.7 Å². The summed E-state index contributed by atoms with van der Waals surface area (Å²) in [6.07, 6.45) is 3.09. The Kier molecular flexibility index (Phi) is 7.43. The molecule has 0 unspecified atom stereocenters. The van der Waals surface area contributed by atoms with Crippen LogP contribution in [0.15, 0.2) is 78.9 Å². The molecule has 0 bridgehead atoms. The van der Waals surface area contributed by atoms with Crippen LogP contribution < -0.4 is 20.1 Å². The van der Waals surface area contributed by atoms with Crippen LogP contribution in [0.5, 0.6) is 11.5 Å². The van der Waals surface area contributed by atoms with E-state index in [0.29, 0.717) is 29.3 Å². The highest BCUT2D eigenvalue weighted by atomic mass is 16.5. The van der Waals surface area contributed by atoms with E-state index >= 15 is 0 Å². The first kappa shape index (κ1) is 21.6. The molecule has 2 amide bonds. The van der Waals surface area contributed by atoms with Gasteiger partial charge in [0.2, 0.25) is 5.91 Å². The molecule has 0 aromatic heterocycles. The highest BCUT2D eigenvalue weighted by Gasteiger charge is 2.07. The summed E-state index contributed by atoms with van der Waals surface area (Å²) < 4.78 is 10.5. The molecule has 158 valence electrons. The summed E-state index contributed by atoms with van der Waals surface area (Å²) >= 11 is 0. The second kappa shape index (κ2) is 10.6. The molecule has 3 aromatic carbocycles. The summed E-state index contributed by atoms with van der Waals surface area (Å²) in [6, 6.07) is 21.8. The van der Waals surface area contributed by atoms with Gasteiger partial charge in [-0.1, -0.05) is 42.5 Å². The number of amides is 2. The van der Waals surface area contributed by atoms with Crippen LogP contribution >= 0.6 is 0 Å². The number of carbonyl (C=O) groups is 2. The molecule has 0 aliphatic carbocycles. The van der Waals surface area contributed by atoms with Gasteiger partial charge in [-0.3, -0.25) is 9.59 Å². The Morgan fingerprint density at radius 1 is 0.871 bits per heavy atom. The largest absolute Gasteiger partial charge is 0.493 e. The predicted octanol–water partition coefficient (Wildman–Crippen LogP) is 4.29. The van der Waals surface area contributed by atoms with Crippen molar-refractivity contribution in [2.75, 3.05) is 19.5 Å². The number of rotatable bonds is 8. The molecule has 0 saturated heterocycles. The summed E-state index contributed by atoms with van der Waals surface area (Å²) in [4.78, 5) is 24.7. The Morgan fingerprint density at radius 2 is 1.65 bits per heavy atom. The Balaban J connectivity index is 1.60. The zero-order valence-electron chi connectivity index (χ0n) is 17.4. The monoisotopic (exact) mass is 416 g/mol. The average molecular weight is 416 g/mol.